The molecule has 0 saturated carbocycles. The number of benzene rings is 1. The summed E-state index contributed by atoms with van der Waals surface area (Å²) in [6.07, 6.45) is 1.74. The molecule has 2 aromatic rings. The van der Waals surface area contributed by atoms with E-state index in [1.54, 1.807) is 18.5 Å². The molecule has 0 radical (unpaired) electrons. The first-order valence-corrected chi connectivity index (χ1v) is 5.00. The van der Waals surface area contributed by atoms with Crippen molar-refractivity contribution in [1.82, 2.24) is 9.55 Å². The molecular formula is C12H13N3O. The molecule has 0 saturated heterocycles. The van der Waals surface area contributed by atoms with Crippen LogP contribution >= 0.6 is 0 Å². The number of carbonyl (C=O) groups excluding carboxylic acids is 1. The zero-order valence-electron chi connectivity index (χ0n) is 9.27. The lowest BCUT2D eigenvalue weighted by atomic mass is 10.2. The van der Waals surface area contributed by atoms with E-state index in [2.05, 4.69) is 4.98 Å². The molecule has 16 heavy (non-hydrogen) atoms. The van der Waals surface area contributed by atoms with E-state index in [0.717, 1.165) is 17.1 Å². The van der Waals surface area contributed by atoms with Gasteiger partial charge in [-0.25, -0.2) is 4.98 Å². The minimum absolute atomic E-state index is 0.420. The predicted molar refractivity (Wildman–Crippen MR) is 61.6 cm³/mol. The van der Waals surface area contributed by atoms with E-state index < -0.39 is 5.91 Å². The van der Waals surface area contributed by atoms with Crippen LogP contribution in [-0.2, 0) is 0 Å². The molecule has 1 aromatic carbocycles. The van der Waals surface area contributed by atoms with Gasteiger partial charge in [-0.2, -0.15) is 0 Å². The Labute approximate surface area is 93.7 Å². The first-order valence-electron chi connectivity index (χ1n) is 5.00. The molecule has 0 spiro atoms. The second-order valence-corrected chi connectivity index (χ2v) is 3.70. The summed E-state index contributed by atoms with van der Waals surface area (Å²) in [6, 6.07) is 7.19. The van der Waals surface area contributed by atoms with Crippen LogP contribution in [0.3, 0.4) is 0 Å². The molecule has 0 aliphatic rings. The van der Waals surface area contributed by atoms with E-state index in [-0.39, 0.29) is 0 Å². The lowest BCUT2D eigenvalue weighted by Crippen LogP contribution is -2.11. The summed E-state index contributed by atoms with van der Waals surface area (Å²) in [5, 5.41) is 0. The molecular weight excluding hydrogens is 202 g/mol. The van der Waals surface area contributed by atoms with Gasteiger partial charge in [-0.3, -0.25) is 4.79 Å². The van der Waals surface area contributed by atoms with Gasteiger partial charge in [0.1, 0.15) is 0 Å². The van der Waals surface area contributed by atoms with Crippen LogP contribution in [0.2, 0.25) is 0 Å². The maximum Gasteiger partial charge on any atom is 0.248 e. The monoisotopic (exact) mass is 215 g/mol. The highest BCUT2D eigenvalue weighted by Crippen LogP contribution is 2.14. The summed E-state index contributed by atoms with van der Waals surface area (Å²) in [5.41, 5.74) is 8.67. The van der Waals surface area contributed by atoms with Gasteiger partial charge in [0.15, 0.2) is 0 Å². The number of rotatable bonds is 2. The van der Waals surface area contributed by atoms with E-state index in [1.807, 2.05) is 30.5 Å². The van der Waals surface area contributed by atoms with Gasteiger partial charge in [-0.15, -0.1) is 0 Å². The van der Waals surface area contributed by atoms with Crippen LogP contribution < -0.4 is 5.73 Å². The van der Waals surface area contributed by atoms with E-state index >= 15 is 0 Å². The van der Waals surface area contributed by atoms with Crippen molar-refractivity contribution in [3.8, 4) is 5.69 Å². The molecule has 0 aliphatic heterocycles. The van der Waals surface area contributed by atoms with Gasteiger partial charge in [0.2, 0.25) is 5.91 Å². The van der Waals surface area contributed by atoms with Crippen molar-refractivity contribution >= 4 is 5.91 Å². The van der Waals surface area contributed by atoms with Crippen LogP contribution in [0.5, 0.6) is 0 Å². The Balaban J connectivity index is 2.52. The van der Waals surface area contributed by atoms with Crippen LogP contribution in [0.25, 0.3) is 5.69 Å². The lowest BCUT2D eigenvalue weighted by molar-refractivity contribution is 0.100. The average Bonchev–Trinajstić information content (AvgIpc) is 2.60. The summed E-state index contributed by atoms with van der Waals surface area (Å²) in [6.45, 7) is 3.93. The molecule has 2 N–H and O–H groups in total. The Bertz CT molecular complexity index is 543. The zero-order chi connectivity index (χ0) is 11.7. The number of hydrogen-bond donors (Lipinski definition) is 1. The Hall–Kier alpha value is -2.10. The summed E-state index contributed by atoms with van der Waals surface area (Å²) >= 11 is 0. The van der Waals surface area contributed by atoms with Gasteiger partial charge in [-0.1, -0.05) is 6.07 Å². The normalized spacial score (nSPS) is 10.4. The summed E-state index contributed by atoms with van der Waals surface area (Å²) < 4.78 is 1.93. The molecule has 2 rings (SSSR count). The van der Waals surface area contributed by atoms with Gasteiger partial charge in [0.25, 0.3) is 0 Å². The molecule has 1 amide bonds. The minimum atomic E-state index is -0.420. The Morgan fingerprint density at radius 1 is 1.38 bits per heavy atom. The molecule has 82 valence electrons. The highest BCUT2D eigenvalue weighted by Gasteiger charge is 2.06. The van der Waals surface area contributed by atoms with Crippen molar-refractivity contribution < 1.29 is 4.79 Å². The minimum Gasteiger partial charge on any atom is -0.366 e. The second-order valence-electron chi connectivity index (χ2n) is 3.70. The number of amides is 1. The van der Waals surface area contributed by atoms with Gasteiger partial charge in [0.05, 0.1) is 12.0 Å². The quantitative estimate of drug-likeness (QED) is 0.826. The van der Waals surface area contributed by atoms with Crippen LogP contribution in [0.1, 0.15) is 21.7 Å². The SMILES string of the molecule is Cc1ncn(-c2cccc(C(N)=O)c2)c1C. The number of primary amides is 1. The van der Waals surface area contributed by atoms with E-state index in [9.17, 15) is 4.79 Å². The molecule has 0 fully saturated rings. The zero-order valence-corrected chi connectivity index (χ0v) is 9.27. The lowest BCUT2D eigenvalue weighted by Gasteiger charge is -2.06. The van der Waals surface area contributed by atoms with Crippen LogP contribution in [0.4, 0.5) is 0 Å². The third kappa shape index (κ3) is 1.69. The van der Waals surface area contributed by atoms with Crippen LogP contribution in [0.15, 0.2) is 30.6 Å². The molecule has 1 heterocycles. The molecule has 1 aromatic heterocycles. The van der Waals surface area contributed by atoms with Crippen molar-refractivity contribution in [2.45, 2.75) is 13.8 Å². The fourth-order valence-electron chi connectivity index (χ4n) is 1.57. The van der Waals surface area contributed by atoms with Crippen molar-refractivity contribution in [2.75, 3.05) is 0 Å². The number of nitrogens with zero attached hydrogens (tertiary/aromatic N) is 2. The number of nitrogens with two attached hydrogens (primary N) is 1. The summed E-state index contributed by atoms with van der Waals surface area (Å²) in [4.78, 5) is 15.3. The van der Waals surface area contributed by atoms with Crippen molar-refractivity contribution in [3.63, 3.8) is 0 Å². The fraction of sp³-hybridized carbons (Fsp3) is 0.167. The highest BCUT2D eigenvalue weighted by molar-refractivity contribution is 5.93. The molecule has 0 atom stereocenters. The van der Waals surface area contributed by atoms with Gasteiger partial charge < -0.3 is 10.3 Å². The molecule has 0 bridgehead atoms. The molecule has 4 heteroatoms. The van der Waals surface area contributed by atoms with Crippen molar-refractivity contribution in [3.05, 3.63) is 47.5 Å². The fourth-order valence-corrected chi connectivity index (χ4v) is 1.57. The number of aromatic nitrogens is 2. The first kappa shape index (κ1) is 10.4. The Morgan fingerprint density at radius 2 is 2.12 bits per heavy atom. The van der Waals surface area contributed by atoms with Gasteiger partial charge in [-0.05, 0) is 32.0 Å². The van der Waals surface area contributed by atoms with Gasteiger partial charge in [0, 0.05) is 16.9 Å². The third-order valence-electron chi connectivity index (χ3n) is 2.66. The average molecular weight is 215 g/mol. The predicted octanol–water partition coefficient (Wildman–Crippen LogP) is 1.59. The van der Waals surface area contributed by atoms with Crippen LogP contribution in [0, 0.1) is 13.8 Å². The largest absolute Gasteiger partial charge is 0.366 e. The number of aryl methyl sites for hydroxylation is 1. The Morgan fingerprint density at radius 3 is 2.69 bits per heavy atom. The third-order valence-corrected chi connectivity index (χ3v) is 2.66. The molecule has 4 nitrogen and oxygen atoms in total. The van der Waals surface area contributed by atoms with E-state index in [0.29, 0.717) is 5.56 Å². The smallest absolute Gasteiger partial charge is 0.248 e. The number of carbonyl (C=O) groups is 1. The topological polar surface area (TPSA) is 60.9 Å². The maximum atomic E-state index is 11.1. The number of imidazole rings is 1. The second kappa shape index (κ2) is 3.81. The maximum absolute atomic E-state index is 11.1. The molecule has 0 aliphatic carbocycles. The standard InChI is InChI=1S/C12H13N3O/c1-8-9(2)15(7-14-8)11-5-3-4-10(6-11)12(13)16/h3-7H,1-2H3,(H2,13,16). The summed E-state index contributed by atoms with van der Waals surface area (Å²) in [7, 11) is 0. The van der Waals surface area contributed by atoms with Crippen molar-refractivity contribution in [2.24, 2.45) is 5.73 Å². The Kier molecular flexibility index (Phi) is 2.48. The number of hydrogen-bond acceptors (Lipinski definition) is 2. The van der Waals surface area contributed by atoms with Crippen molar-refractivity contribution in [1.29, 1.82) is 0 Å². The van der Waals surface area contributed by atoms with Gasteiger partial charge >= 0.3 is 0 Å². The van der Waals surface area contributed by atoms with Crippen LogP contribution in [-0.4, -0.2) is 15.5 Å². The molecule has 0 unspecified atom stereocenters. The van der Waals surface area contributed by atoms with E-state index in [4.69, 9.17) is 5.73 Å². The highest BCUT2D eigenvalue weighted by atomic mass is 16.1. The summed E-state index contributed by atoms with van der Waals surface area (Å²) in [5.74, 6) is -0.420. The first-order chi connectivity index (χ1) is 7.59. The van der Waals surface area contributed by atoms with E-state index in [1.165, 1.54) is 0 Å².